The molecule has 3 heterocycles. The molecule has 39 heavy (non-hydrogen) atoms. The molecule has 210 valence electrons. The fourth-order valence-corrected chi connectivity index (χ4v) is 4.49. The van der Waals surface area contributed by atoms with Crippen molar-refractivity contribution in [1.82, 2.24) is 15.4 Å². The van der Waals surface area contributed by atoms with Gasteiger partial charge in [0, 0.05) is 50.8 Å². The number of halogens is 2. The second kappa shape index (κ2) is 12.1. The van der Waals surface area contributed by atoms with E-state index in [9.17, 15) is 19.2 Å². The van der Waals surface area contributed by atoms with Gasteiger partial charge in [-0.2, -0.15) is 0 Å². The van der Waals surface area contributed by atoms with Crippen molar-refractivity contribution in [3.8, 4) is 0 Å². The van der Waals surface area contributed by atoms with Crippen molar-refractivity contribution in [2.75, 3.05) is 49.1 Å². The first-order valence-corrected chi connectivity index (χ1v) is 12.6. The van der Waals surface area contributed by atoms with Gasteiger partial charge in [0.05, 0.1) is 25.0 Å². The molecule has 3 amide bonds. The molecule has 0 radical (unpaired) electrons. The van der Waals surface area contributed by atoms with Crippen molar-refractivity contribution in [2.45, 2.75) is 38.8 Å². The molecular weight excluding hydrogens is 520 g/mol. The van der Waals surface area contributed by atoms with Crippen molar-refractivity contribution in [3.05, 3.63) is 41.8 Å². The summed E-state index contributed by atoms with van der Waals surface area (Å²) in [5.74, 6) is -3.09. The van der Waals surface area contributed by atoms with E-state index < -0.39 is 41.7 Å². The first-order chi connectivity index (χ1) is 18.7. The highest BCUT2D eigenvalue weighted by molar-refractivity contribution is 5.95. The molecule has 14 heteroatoms. The van der Waals surface area contributed by atoms with Crippen LogP contribution in [0.4, 0.5) is 25.0 Å². The number of carbonyl (C=O) groups excluding carboxylic acids is 4. The van der Waals surface area contributed by atoms with E-state index in [0.29, 0.717) is 0 Å². The van der Waals surface area contributed by atoms with Crippen LogP contribution in [0, 0.1) is 11.6 Å². The minimum atomic E-state index is -0.861. The highest BCUT2D eigenvalue weighted by Crippen LogP contribution is 2.32. The number of anilines is 2. The Morgan fingerprint density at radius 3 is 2.49 bits per heavy atom. The second-order valence-corrected chi connectivity index (χ2v) is 9.10. The molecule has 2 aliphatic rings. The van der Waals surface area contributed by atoms with Crippen LogP contribution in [0.15, 0.2) is 28.9 Å². The minimum Gasteiger partial charge on any atom is -0.466 e. The van der Waals surface area contributed by atoms with E-state index in [-0.39, 0.29) is 75.2 Å². The number of nitrogens with one attached hydrogen (secondary N) is 1. The molecule has 1 aromatic heterocycles. The maximum Gasteiger partial charge on any atom is 0.414 e. The number of ether oxygens (including phenoxy) is 2. The summed E-state index contributed by atoms with van der Waals surface area (Å²) in [5, 5.41) is 5.99. The summed E-state index contributed by atoms with van der Waals surface area (Å²) in [5.41, 5.74) is -0.258. The van der Waals surface area contributed by atoms with Gasteiger partial charge in [0.1, 0.15) is 17.8 Å². The Morgan fingerprint density at radius 2 is 1.87 bits per heavy atom. The van der Waals surface area contributed by atoms with Gasteiger partial charge in [-0.3, -0.25) is 19.3 Å². The average molecular weight is 550 g/mol. The molecule has 2 fully saturated rings. The van der Waals surface area contributed by atoms with Crippen LogP contribution in [-0.2, 0) is 19.1 Å². The standard InChI is InChI=1S/C25H29F2N5O7/c1-3-37-21(33)5-4-17-14-32(25(36)38-17)16-12-18(26)22(19(27)13-16)30-8-10-31(11-9-30)24(35)15(2)29-23(34)20-6-7-28-39-20/h6-7,12-13,15,17H,3-5,8-11,14H2,1-2H3,(H,29,34)/t15-,17-/m0/s1. The van der Waals surface area contributed by atoms with Crippen LogP contribution in [0.25, 0.3) is 0 Å². The number of piperazine rings is 1. The maximum atomic E-state index is 15.1. The largest absolute Gasteiger partial charge is 0.466 e. The predicted molar refractivity (Wildman–Crippen MR) is 132 cm³/mol. The molecular formula is C25H29F2N5O7. The van der Waals surface area contributed by atoms with Crippen molar-refractivity contribution >= 4 is 35.3 Å². The summed E-state index contributed by atoms with van der Waals surface area (Å²) in [6.45, 7) is 4.19. The normalized spacial score (nSPS) is 18.1. The fraction of sp³-hybridized carbons (Fsp3) is 0.480. The third kappa shape index (κ3) is 6.44. The number of cyclic esters (lactones) is 1. The molecule has 0 bridgehead atoms. The topological polar surface area (TPSA) is 135 Å². The summed E-state index contributed by atoms with van der Waals surface area (Å²) in [4.78, 5) is 52.9. The Labute approximate surface area is 222 Å². The zero-order valence-corrected chi connectivity index (χ0v) is 21.5. The summed E-state index contributed by atoms with van der Waals surface area (Å²) in [6.07, 6.45) is 0.235. The van der Waals surface area contributed by atoms with Gasteiger partial charge in [-0.25, -0.2) is 13.6 Å². The van der Waals surface area contributed by atoms with E-state index in [0.717, 1.165) is 17.0 Å². The second-order valence-electron chi connectivity index (χ2n) is 9.10. The lowest BCUT2D eigenvalue weighted by Crippen LogP contribution is -2.54. The number of carbonyl (C=O) groups is 4. The smallest absolute Gasteiger partial charge is 0.414 e. The Hall–Kier alpha value is -4.23. The Morgan fingerprint density at radius 1 is 1.18 bits per heavy atom. The summed E-state index contributed by atoms with van der Waals surface area (Å²) in [6, 6.07) is 2.65. The van der Waals surface area contributed by atoms with Crippen molar-refractivity contribution < 1.29 is 42.0 Å². The fourth-order valence-electron chi connectivity index (χ4n) is 4.49. The molecule has 1 aromatic carbocycles. The minimum absolute atomic E-state index is 0.00234. The molecule has 4 rings (SSSR count). The highest BCUT2D eigenvalue weighted by Gasteiger charge is 2.35. The third-order valence-corrected chi connectivity index (χ3v) is 6.45. The van der Waals surface area contributed by atoms with E-state index in [1.807, 2.05) is 0 Å². The molecule has 12 nitrogen and oxygen atoms in total. The third-order valence-electron chi connectivity index (χ3n) is 6.45. The van der Waals surface area contributed by atoms with Gasteiger partial charge in [0.15, 0.2) is 11.6 Å². The monoisotopic (exact) mass is 549 g/mol. The number of aromatic nitrogens is 1. The number of benzene rings is 1. The number of nitrogens with zero attached hydrogens (tertiary/aromatic N) is 4. The van der Waals surface area contributed by atoms with Crippen LogP contribution in [0.5, 0.6) is 0 Å². The number of amides is 3. The zero-order valence-electron chi connectivity index (χ0n) is 21.5. The Bertz CT molecular complexity index is 1190. The van der Waals surface area contributed by atoms with Crippen LogP contribution in [-0.4, -0.2) is 85.4 Å². The first kappa shape index (κ1) is 27.8. The van der Waals surface area contributed by atoms with Crippen molar-refractivity contribution in [2.24, 2.45) is 0 Å². The van der Waals surface area contributed by atoms with Crippen LogP contribution < -0.4 is 15.1 Å². The zero-order chi connectivity index (χ0) is 28.1. The molecule has 2 atom stereocenters. The van der Waals surface area contributed by atoms with E-state index in [2.05, 4.69) is 10.5 Å². The van der Waals surface area contributed by atoms with Gasteiger partial charge >= 0.3 is 12.1 Å². The molecule has 2 aliphatic heterocycles. The first-order valence-electron chi connectivity index (χ1n) is 12.6. The van der Waals surface area contributed by atoms with E-state index >= 15 is 8.78 Å². The van der Waals surface area contributed by atoms with Gasteiger partial charge in [-0.1, -0.05) is 5.16 Å². The van der Waals surface area contributed by atoms with Gasteiger partial charge in [-0.15, -0.1) is 0 Å². The molecule has 0 unspecified atom stereocenters. The summed E-state index contributed by atoms with van der Waals surface area (Å²) in [7, 11) is 0. The molecule has 2 saturated heterocycles. The molecule has 2 aromatic rings. The summed E-state index contributed by atoms with van der Waals surface area (Å²) < 4.78 is 45.1. The van der Waals surface area contributed by atoms with Crippen LogP contribution in [0.1, 0.15) is 37.2 Å². The van der Waals surface area contributed by atoms with E-state index in [1.165, 1.54) is 29.0 Å². The Kier molecular flexibility index (Phi) is 8.62. The predicted octanol–water partition coefficient (Wildman–Crippen LogP) is 2.09. The van der Waals surface area contributed by atoms with Gasteiger partial charge < -0.3 is 29.1 Å². The van der Waals surface area contributed by atoms with Crippen LogP contribution >= 0.6 is 0 Å². The lowest BCUT2D eigenvalue weighted by Gasteiger charge is -2.37. The molecule has 0 aliphatic carbocycles. The highest BCUT2D eigenvalue weighted by atomic mass is 19.1. The van der Waals surface area contributed by atoms with Crippen LogP contribution in [0.3, 0.4) is 0 Å². The maximum absolute atomic E-state index is 15.1. The van der Waals surface area contributed by atoms with E-state index in [4.69, 9.17) is 14.0 Å². The van der Waals surface area contributed by atoms with E-state index in [1.54, 1.807) is 6.92 Å². The quantitative estimate of drug-likeness (QED) is 0.467. The van der Waals surface area contributed by atoms with Crippen molar-refractivity contribution in [3.63, 3.8) is 0 Å². The Balaban J connectivity index is 1.33. The molecule has 1 N–H and O–H groups in total. The molecule has 0 saturated carbocycles. The van der Waals surface area contributed by atoms with Crippen molar-refractivity contribution in [1.29, 1.82) is 0 Å². The molecule has 0 spiro atoms. The number of hydrogen-bond donors (Lipinski definition) is 1. The lowest BCUT2D eigenvalue weighted by molar-refractivity contribution is -0.143. The van der Waals surface area contributed by atoms with Gasteiger partial charge in [0.25, 0.3) is 5.91 Å². The summed E-state index contributed by atoms with van der Waals surface area (Å²) >= 11 is 0. The van der Waals surface area contributed by atoms with Crippen LogP contribution in [0.2, 0.25) is 0 Å². The number of rotatable bonds is 9. The SMILES string of the molecule is CCOC(=O)CC[C@H]1CN(c2cc(F)c(N3CCN(C(=O)[C@H](C)NC(=O)c4ccno4)CC3)c(F)c2)C(=O)O1. The average Bonchev–Trinajstić information content (AvgIpc) is 3.57. The van der Waals surface area contributed by atoms with Gasteiger partial charge in [0.2, 0.25) is 11.7 Å². The number of hydrogen-bond acceptors (Lipinski definition) is 9. The van der Waals surface area contributed by atoms with Gasteiger partial charge in [-0.05, 0) is 20.3 Å². The number of esters is 1. The lowest BCUT2D eigenvalue weighted by atomic mass is 10.1.